The number of aromatic nitrogens is 1. The molecule has 0 fully saturated rings. The third-order valence-electron chi connectivity index (χ3n) is 4.14. The minimum atomic E-state index is -3.68. The minimum Gasteiger partial charge on any atom is -0.488 e. The molecular formula is C16H17ClN2O3S. The second-order valence-corrected chi connectivity index (χ2v) is 8.00. The van der Waals surface area contributed by atoms with Gasteiger partial charge in [-0.3, -0.25) is 4.98 Å². The molecule has 0 radical (unpaired) electrons. The Labute approximate surface area is 140 Å². The van der Waals surface area contributed by atoms with Crippen LogP contribution >= 0.6 is 11.6 Å². The molecule has 3 rings (SSSR count). The Balaban J connectivity index is 1.82. The second kappa shape index (κ2) is 6.11. The summed E-state index contributed by atoms with van der Waals surface area (Å²) in [4.78, 5) is 3.93. The minimum absolute atomic E-state index is 0.0786. The van der Waals surface area contributed by atoms with Crippen molar-refractivity contribution >= 4 is 21.6 Å². The summed E-state index contributed by atoms with van der Waals surface area (Å²) in [7, 11) is -2.13. The molecule has 1 aromatic heterocycles. The average molecular weight is 353 g/mol. The Kier molecular flexibility index (Phi) is 4.31. The fraction of sp³-hybridized carbons (Fsp3) is 0.312. The van der Waals surface area contributed by atoms with Gasteiger partial charge in [-0.15, -0.1) is 0 Å². The lowest BCUT2D eigenvalue weighted by atomic mass is 10.1. The van der Waals surface area contributed by atoms with Crippen molar-refractivity contribution < 1.29 is 13.2 Å². The van der Waals surface area contributed by atoms with Crippen molar-refractivity contribution in [3.8, 4) is 5.75 Å². The maximum Gasteiger partial charge on any atom is 0.244 e. The molecule has 2 heterocycles. The summed E-state index contributed by atoms with van der Waals surface area (Å²) < 4.78 is 32.7. The van der Waals surface area contributed by atoms with Gasteiger partial charge in [-0.2, -0.15) is 4.31 Å². The van der Waals surface area contributed by atoms with E-state index < -0.39 is 10.0 Å². The molecule has 0 saturated heterocycles. The Morgan fingerprint density at radius 3 is 2.78 bits per heavy atom. The van der Waals surface area contributed by atoms with Gasteiger partial charge in [0.15, 0.2) is 0 Å². The molecular weight excluding hydrogens is 336 g/mol. The Morgan fingerprint density at radius 1 is 1.35 bits per heavy atom. The van der Waals surface area contributed by atoms with E-state index in [0.717, 1.165) is 11.3 Å². The predicted molar refractivity (Wildman–Crippen MR) is 88.2 cm³/mol. The number of likely N-dealkylation sites (N-methyl/N-ethyl adjacent to an activating group) is 1. The van der Waals surface area contributed by atoms with Crippen LogP contribution in [0.1, 0.15) is 12.5 Å². The van der Waals surface area contributed by atoms with Crippen molar-refractivity contribution in [1.82, 2.24) is 9.29 Å². The number of hydrogen-bond donors (Lipinski definition) is 0. The van der Waals surface area contributed by atoms with Gasteiger partial charge < -0.3 is 4.74 Å². The fourth-order valence-corrected chi connectivity index (χ4v) is 4.25. The molecule has 7 heteroatoms. The van der Waals surface area contributed by atoms with E-state index in [9.17, 15) is 8.42 Å². The topological polar surface area (TPSA) is 59.5 Å². The highest BCUT2D eigenvalue weighted by Gasteiger charge is 2.35. The first-order chi connectivity index (χ1) is 10.9. The Hall–Kier alpha value is -1.63. The van der Waals surface area contributed by atoms with Gasteiger partial charge >= 0.3 is 0 Å². The van der Waals surface area contributed by atoms with Gasteiger partial charge in [0.25, 0.3) is 0 Å². The van der Waals surface area contributed by atoms with Crippen LogP contribution in [-0.4, -0.2) is 36.9 Å². The quantitative estimate of drug-likeness (QED) is 0.849. The molecule has 0 bridgehead atoms. The number of pyridine rings is 1. The molecule has 2 aromatic rings. The molecule has 2 atom stereocenters. The molecule has 1 aliphatic heterocycles. The van der Waals surface area contributed by atoms with Gasteiger partial charge in [0.2, 0.25) is 10.0 Å². The molecule has 0 spiro atoms. The summed E-state index contributed by atoms with van der Waals surface area (Å²) >= 11 is 5.85. The lowest BCUT2D eigenvalue weighted by molar-refractivity contribution is 0.153. The van der Waals surface area contributed by atoms with Gasteiger partial charge in [0.05, 0.1) is 11.1 Å². The molecule has 5 nitrogen and oxygen atoms in total. The highest BCUT2D eigenvalue weighted by atomic mass is 35.5. The molecule has 1 aliphatic rings. The molecule has 0 saturated carbocycles. The van der Waals surface area contributed by atoms with Crippen molar-refractivity contribution in [2.45, 2.75) is 30.4 Å². The standard InChI is InChI=1S/C16H17ClN2O3S/c1-11(16-7-12-5-3-4-6-15(12)22-16)19(2)23(20,21)14-8-13(17)9-18-10-14/h3-6,8-11,16H,7H2,1-2H3. The van der Waals surface area contributed by atoms with E-state index in [1.54, 1.807) is 7.05 Å². The lowest BCUT2D eigenvalue weighted by Gasteiger charge is -2.28. The third-order valence-corrected chi connectivity index (χ3v) is 6.26. The summed E-state index contributed by atoms with van der Waals surface area (Å²) in [5, 5.41) is 0.289. The number of hydrogen-bond acceptors (Lipinski definition) is 4. The van der Waals surface area contributed by atoms with E-state index >= 15 is 0 Å². The highest BCUT2D eigenvalue weighted by molar-refractivity contribution is 7.89. The number of rotatable bonds is 4. The van der Waals surface area contributed by atoms with Crippen LogP contribution in [0.4, 0.5) is 0 Å². The fourth-order valence-electron chi connectivity index (χ4n) is 2.63. The average Bonchev–Trinajstić information content (AvgIpc) is 2.97. The monoisotopic (exact) mass is 352 g/mol. The Morgan fingerprint density at radius 2 is 2.09 bits per heavy atom. The summed E-state index contributed by atoms with van der Waals surface area (Å²) in [6.45, 7) is 1.84. The Bertz CT molecular complexity index is 801. The molecule has 23 heavy (non-hydrogen) atoms. The summed E-state index contributed by atoms with van der Waals surface area (Å²) in [5.74, 6) is 0.819. The van der Waals surface area contributed by atoms with Crippen LogP contribution in [-0.2, 0) is 16.4 Å². The smallest absolute Gasteiger partial charge is 0.244 e. The molecule has 2 unspecified atom stereocenters. The van der Waals surface area contributed by atoms with Crippen LogP contribution < -0.4 is 4.74 Å². The van der Waals surface area contributed by atoms with E-state index in [-0.39, 0.29) is 22.1 Å². The first kappa shape index (κ1) is 16.2. The van der Waals surface area contributed by atoms with Crippen LogP contribution in [0, 0.1) is 0 Å². The number of ether oxygens (including phenoxy) is 1. The van der Waals surface area contributed by atoms with Crippen molar-refractivity contribution in [1.29, 1.82) is 0 Å². The molecule has 0 aliphatic carbocycles. The molecule has 0 N–H and O–H groups in total. The maximum atomic E-state index is 12.7. The maximum absolute atomic E-state index is 12.7. The van der Waals surface area contributed by atoms with Crippen LogP contribution in [0.3, 0.4) is 0 Å². The van der Waals surface area contributed by atoms with Gasteiger partial charge in [-0.05, 0) is 24.6 Å². The van der Waals surface area contributed by atoms with Gasteiger partial charge in [0, 0.05) is 25.9 Å². The zero-order chi connectivity index (χ0) is 16.6. The number of nitrogens with zero attached hydrogens (tertiary/aromatic N) is 2. The van der Waals surface area contributed by atoms with Gasteiger partial charge in [-0.1, -0.05) is 29.8 Å². The predicted octanol–water partition coefficient (Wildman–Crippen LogP) is 2.75. The van der Waals surface area contributed by atoms with E-state index in [2.05, 4.69) is 4.98 Å². The first-order valence-corrected chi connectivity index (χ1v) is 9.04. The number of benzene rings is 1. The first-order valence-electron chi connectivity index (χ1n) is 7.23. The zero-order valence-corrected chi connectivity index (χ0v) is 14.4. The van der Waals surface area contributed by atoms with Gasteiger partial charge in [0.1, 0.15) is 16.7 Å². The number of fused-ring (bicyclic) bond motifs is 1. The van der Waals surface area contributed by atoms with Crippen LogP contribution in [0.25, 0.3) is 0 Å². The van der Waals surface area contributed by atoms with E-state index in [1.165, 1.54) is 22.8 Å². The lowest BCUT2D eigenvalue weighted by Crippen LogP contribution is -2.44. The van der Waals surface area contributed by atoms with Crippen LogP contribution in [0.15, 0.2) is 47.6 Å². The van der Waals surface area contributed by atoms with Crippen molar-refractivity contribution in [2.24, 2.45) is 0 Å². The number of sulfonamides is 1. The van der Waals surface area contributed by atoms with Crippen LogP contribution in [0.2, 0.25) is 5.02 Å². The summed E-state index contributed by atoms with van der Waals surface area (Å²) in [6, 6.07) is 8.83. The molecule has 1 aromatic carbocycles. The molecule has 122 valence electrons. The van der Waals surface area contributed by atoms with E-state index in [0.29, 0.717) is 6.42 Å². The second-order valence-electron chi connectivity index (χ2n) is 5.57. The SMILES string of the molecule is CC(C1Cc2ccccc2O1)N(C)S(=O)(=O)c1cncc(Cl)c1. The zero-order valence-electron chi connectivity index (χ0n) is 12.8. The van der Waals surface area contributed by atoms with Gasteiger partial charge in [-0.25, -0.2) is 8.42 Å². The van der Waals surface area contributed by atoms with Crippen molar-refractivity contribution in [3.63, 3.8) is 0 Å². The highest BCUT2D eigenvalue weighted by Crippen LogP contribution is 2.31. The van der Waals surface area contributed by atoms with Crippen LogP contribution in [0.5, 0.6) is 5.75 Å². The number of para-hydroxylation sites is 1. The normalized spacial score (nSPS) is 18.5. The van der Waals surface area contributed by atoms with E-state index in [1.807, 2.05) is 31.2 Å². The molecule has 0 amide bonds. The summed E-state index contributed by atoms with van der Waals surface area (Å²) in [6.07, 6.45) is 3.17. The van der Waals surface area contributed by atoms with E-state index in [4.69, 9.17) is 16.3 Å². The summed E-state index contributed by atoms with van der Waals surface area (Å²) in [5.41, 5.74) is 1.10. The number of halogens is 1. The van der Waals surface area contributed by atoms with Crippen molar-refractivity contribution in [3.05, 3.63) is 53.3 Å². The third kappa shape index (κ3) is 3.06. The largest absolute Gasteiger partial charge is 0.488 e. The van der Waals surface area contributed by atoms with Crippen molar-refractivity contribution in [2.75, 3.05) is 7.05 Å².